The van der Waals surface area contributed by atoms with E-state index in [9.17, 15) is 5.21 Å². The molecule has 0 unspecified atom stereocenters. The molecule has 0 spiro atoms. The number of benzene rings is 2. The summed E-state index contributed by atoms with van der Waals surface area (Å²) in [6.45, 7) is 2.08. The predicted molar refractivity (Wildman–Crippen MR) is 122 cm³/mol. The monoisotopic (exact) mass is 433 g/mol. The lowest BCUT2D eigenvalue weighted by Crippen LogP contribution is -2.27. The van der Waals surface area contributed by atoms with E-state index in [2.05, 4.69) is 71.1 Å². The van der Waals surface area contributed by atoms with Crippen LogP contribution in [0.25, 0.3) is 0 Å². The molecule has 1 aromatic heterocycles. The molecular weight excluding hydrogens is 405 g/mol. The van der Waals surface area contributed by atoms with E-state index in [0.29, 0.717) is 11.8 Å². The Labute approximate surface area is 185 Å². The van der Waals surface area contributed by atoms with Crippen LogP contribution in [0.5, 0.6) is 0 Å². The minimum absolute atomic E-state index is 0. The van der Waals surface area contributed by atoms with Gasteiger partial charge in [-0.15, -0.1) is 34.8 Å². The number of hydrogen-bond donors (Lipinski definition) is 2. The number of halogens is 2. The van der Waals surface area contributed by atoms with Crippen molar-refractivity contribution in [3.63, 3.8) is 0 Å². The van der Waals surface area contributed by atoms with Gasteiger partial charge in [0.15, 0.2) is 0 Å². The maximum atomic E-state index is 10.3. The number of rotatable bonds is 6. The third kappa shape index (κ3) is 5.53. The average Bonchev–Trinajstić information content (AvgIpc) is 3.11. The van der Waals surface area contributed by atoms with E-state index in [0.717, 1.165) is 49.3 Å². The normalized spacial score (nSPS) is 14.2. The molecule has 6 heteroatoms. The summed E-state index contributed by atoms with van der Waals surface area (Å²) < 4.78 is 0. The van der Waals surface area contributed by atoms with Crippen LogP contribution in [0.3, 0.4) is 0 Å². The summed E-state index contributed by atoms with van der Waals surface area (Å²) in [7, 11) is 0. The van der Waals surface area contributed by atoms with Crippen LogP contribution in [0.15, 0.2) is 66.9 Å². The topological polar surface area (TPSA) is 50.1 Å². The summed E-state index contributed by atoms with van der Waals surface area (Å²) >= 11 is 0. The van der Waals surface area contributed by atoms with Gasteiger partial charge in [-0.25, -0.2) is 0 Å². The summed E-state index contributed by atoms with van der Waals surface area (Å²) in [5.74, 6) is 0.803. The molecule has 0 bridgehead atoms. The molecule has 0 aliphatic carbocycles. The maximum Gasteiger partial charge on any atom is 0.0833 e. The molecule has 2 aromatic carbocycles. The van der Waals surface area contributed by atoms with Crippen molar-refractivity contribution in [2.75, 3.05) is 13.1 Å². The molecular formula is C23H29Cl2N3O. The second-order valence-electron chi connectivity index (χ2n) is 7.37. The van der Waals surface area contributed by atoms with Crippen molar-refractivity contribution in [1.82, 2.24) is 15.3 Å². The third-order valence-corrected chi connectivity index (χ3v) is 5.73. The second kappa shape index (κ2) is 11.2. The van der Waals surface area contributed by atoms with E-state index in [1.807, 2.05) is 6.20 Å². The predicted octanol–water partition coefficient (Wildman–Crippen LogP) is 5.20. The van der Waals surface area contributed by atoms with Gasteiger partial charge in [-0.1, -0.05) is 60.7 Å². The Hall–Kier alpha value is -2.01. The average molecular weight is 434 g/mol. The van der Waals surface area contributed by atoms with Gasteiger partial charge in [-0.2, -0.15) is 0 Å². The quantitative estimate of drug-likeness (QED) is 0.525. The molecule has 156 valence electrons. The summed E-state index contributed by atoms with van der Waals surface area (Å²) in [5.41, 5.74) is 4.82. The molecule has 1 aliphatic heterocycles. The van der Waals surface area contributed by atoms with Crippen LogP contribution in [0, 0.1) is 0 Å². The minimum Gasteiger partial charge on any atom is -0.411 e. The van der Waals surface area contributed by atoms with Crippen LogP contribution in [0.1, 0.15) is 53.5 Å². The fourth-order valence-electron chi connectivity index (χ4n) is 4.27. The highest BCUT2D eigenvalue weighted by Crippen LogP contribution is 2.32. The highest BCUT2D eigenvalue weighted by molar-refractivity contribution is 5.85. The Morgan fingerprint density at radius 3 is 2.03 bits per heavy atom. The van der Waals surface area contributed by atoms with Crippen LogP contribution in [-0.4, -0.2) is 28.2 Å². The Bertz CT molecular complexity index is 810. The van der Waals surface area contributed by atoms with E-state index in [-0.39, 0.29) is 24.8 Å². The van der Waals surface area contributed by atoms with E-state index in [4.69, 9.17) is 0 Å². The van der Waals surface area contributed by atoms with Gasteiger partial charge >= 0.3 is 0 Å². The first-order chi connectivity index (χ1) is 13.3. The molecule has 2 N–H and O–H groups in total. The highest BCUT2D eigenvalue weighted by atomic mass is 35.5. The first-order valence-electron chi connectivity index (χ1n) is 9.89. The standard InChI is InChI=1S/C23H27N3O.2ClH/c27-26-23(22(17-25-26)20-13-15-24-16-14-20)12-11-21(18-7-3-1-4-8-18)19-9-5-2-6-10-19;;/h1-10,17,20-21,24,27H,11-16H2;2*1H. The SMILES string of the molecule is Cl.Cl.On1ncc(C2CCNCC2)c1CCC(c1ccccc1)c1ccccc1. The van der Waals surface area contributed by atoms with Crippen molar-refractivity contribution in [3.05, 3.63) is 89.2 Å². The molecule has 1 fully saturated rings. The van der Waals surface area contributed by atoms with Crippen molar-refractivity contribution in [1.29, 1.82) is 0 Å². The van der Waals surface area contributed by atoms with E-state index < -0.39 is 0 Å². The Balaban J connectivity index is 0.00000150. The van der Waals surface area contributed by atoms with Crippen molar-refractivity contribution in [3.8, 4) is 0 Å². The van der Waals surface area contributed by atoms with Crippen molar-refractivity contribution >= 4 is 24.8 Å². The lowest BCUT2D eigenvalue weighted by atomic mass is 9.85. The number of hydrogen-bond acceptors (Lipinski definition) is 3. The Morgan fingerprint density at radius 1 is 0.931 bits per heavy atom. The summed E-state index contributed by atoms with van der Waals surface area (Å²) in [5, 5.41) is 17.9. The van der Waals surface area contributed by atoms with Gasteiger partial charge in [0.2, 0.25) is 0 Å². The first-order valence-corrected chi connectivity index (χ1v) is 9.89. The number of nitrogens with zero attached hydrogens (tertiary/aromatic N) is 2. The van der Waals surface area contributed by atoms with Crippen LogP contribution in [0.4, 0.5) is 0 Å². The lowest BCUT2D eigenvalue weighted by Gasteiger charge is -2.23. The molecule has 0 radical (unpaired) electrons. The molecule has 4 rings (SSSR count). The largest absolute Gasteiger partial charge is 0.411 e. The maximum absolute atomic E-state index is 10.3. The van der Waals surface area contributed by atoms with Crippen LogP contribution in [0.2, 0.25) is 0 Å². The van der Waals surface area contributed by atoms with Gasteiger partial charge in [0, 0.05) is 11.5 Å². The molecule has 3 aromatic rings. The zero-order valence-electron chi connectivity index (χ0n) is 16.4. The van der Waals surface area contributed by atoms with E-state index >= 15 is 0 Å². The van der Waals surface area contributed by atoms with Crippen molar-refractivity contribution in [2.24, 2.45) is 0 Å². The molecule has 1 saturated heterocycles. The van der Waals surface area contributed by atoms with Crippen LogP contribution < -0.4 is 5.32 Å². The van der Waals surface area contributed by atoms with Gasteiger partial charge in [-0.05, 0) is 55.8 Å². The van der Waals surface area contributed by atoms with E-state index in [1.165, 1.54) is 16.7 Å². The van der Waals surface area contributed by atoms with Gasteiger partial charge < -0.3 is 10.5 Å². The Morgan fingerprint density at radius 2 is 1.48 bits per heavy atom. The summed E-state index contributed by atoms with van der Waals surface area (Å²) in [6, 6.07) is 21.3. The zero-order valence-corrected chi connectivity index (χ0v) is 18.0. The third-order valence-electron chi connectivity index (χ3n) is 5.73. The van der Waals surface area contributed by atoms with E-state index in [1.54, 1.807) is 0 Å². The first kappa shape index (κ1) is 23.3. The van der Waals surface area contributed by atoms with Crippen molar-refractivity contribution < 1.29 is 5.21 Å². The lowest BCUT2D eigenvalue weighted by molar-refractivity contribution is 0.139. The smallest absolute Gasteiger partial charge is 0.0833 e. The molecule has 29 heavy (non-hydrogen) atoms. The fourth-order valence-corrected chi connectivity index (χ4v) is 4.27. The number of piperidine rings is 1. The van der Waals surface area contributed by atoms with Crippen LogP contribution in [-0.2, 0) is 6.42 Å². The molecule has 4 nitrogen and oxygen atoms in total. The van der Waals surface area contributed by atoms with Gasteiger partial charge in [0.1, 0.15) is 0 Å². The van der Waals surface area contributed by atoms with Crippen molar-refractivity contribution in [2.45, 2.75) is 37.5 Å². The van der Waals surface area contributed by atoms with Gasteiger partial charge in [0.05, 0.1) is 11.9 Å². The summed E-state index contributed by atoms with van der Waals surface area (Å²) in [4.78, 5) is 1.10. The summed E-state index contributed by atoms with van der Waals surface area (Å²) in [6.07, 6.45) is 5.84. The highest BCUT2D eigenvalue weighted by Gasteiger charge is 2.23. The molecule has 2 heterocycles. The minimum atomic E-state index is 0. The Kier molecular flexibility index (Phi) is 9.02. The molecule has 0 amide bonds. The number of aromatic nitrogens is 2. The van der Waals surface area contributed by atoms with Gasteiger partial charge in [0.25, 0.3) is 0 Å². The second-order valence-corrected chi connectivity index (χ2v) is 7.37. The van der Waals surface area contributed by atoms with Crippen LogP contribution >= 0.6 is 24.8 Å². The van der Waals surface area contributed by atoms with Gasteiger partial charge in [-0.3, -0.25) is 0 Å². The molecule has 0 saturated carbocycles. The zero-order chi connectivity index (χ0) is 18.5. The number of nitrogens with one attached hydrogen (secondary N) is 1. The fraction of sp³-hybridized carbons (Fsp3) is 0.348. The molecule has 1 aliphatic rings. The molecule has 0 atom stereocenters.